The van der Waals surface area contributed by atoms with Crippen molar-refractivity contribution in [1.82, 2.24) is 15.0 Å². The lowest BCUT2D eigenvalue weighted by atomic mass is 10.0. The topological polar surface area (TPSA) is 59.2 Å². The van der Waals surface area contributed by atoms with Crippen molar-refractivity contribution in [2.75, 3.05) is 6.54 Å². The summed E-state index contributed by atoms with van der Waals surface area (Å²) in [5.41, 5.74) is 3.15. The Bertz CT molecular complexity index is 662. The zero-order valence-corrected chi connectivity index (χ0v) is 14.5. The van der Waals surface area contributed by atoms with Crippen LogP contribution in [0.3, 0.4) is 0 Å². The lowest BCUT2D eigenvalue weighted by Crippen LogP contribution is -2.35. The fourth-order valence-electron chi connectivity index (χ4n) is 3.57. The third-order valence-corrected chi connectivity index (χ3v) is 4.93. The van der Waals surface area contributed by atoms with E-state index in [1.54, 1.807) is 0 Å². The molecule has 1 saturated heterocycles. The molecule has 0 aliphatic carbocycles. The lowest BCUT2D eigenvalue weighted by molar-refractivity contribution is -0.133. The van der Waals surface area contributed by atoms with Crippen LogP contribution in [0.4, 0.5) is 0 Å². The highest BCUT2D eigenvalue weighted by Crippen LogP contribution is 2.30. The van der Waals surface area contributed by atoms with E-state index < -0.39 is 0 Å². The standard InChI is InChI=1S/C19H25N3O2/c1-14-17(15(2)24-21-14)7-8-19(23)22-13-5-3-4-6-18(22)16-9-11-20-12-10-16/h9-12,18H,3-8,13H2,1-2H3/t18-/m1/s1. The molecule has 5 heteroatoms. The number of aromatic nitrogens is 2. The molecule has 3 heterocycles. The molecule has 5 nitrogen and oxygen atoms in total. The highest BCUT2D eigenvalue weighted by atomic mass is 16.5. The van der Waals surface area contributed by atoms with E-state index in [-0.39, 0.29) is 11.9 Å². The lowest BCUT2D eigenvalue weighted by Gasteiger charge is -2.30. The van der Waals surface area contributed by atoms with Crippen molar-refractivity contribution in [2.45, 2.75) is 58.4 Å². The molecule has 0 spiro atoms. The Balaban J connectivity index is 1.73. The summed E-state index contributed by atoms with van der Waals surface area (Å²) in [5.74, 6) is 1.04. The van der Waals surface area contributed by atoms with Gasteiger partial charge in [0.2, 0.25) is 5.91 Å². The summed E-state index contributed by atoms with van der Waals surface area (Å²) in [4.78, 5) is 19.1. The monoisotopic (exact) mass is 327 g/mol. The summed E-state index contributed by atoms with van der Waals surface area (Å²) in [5, 5.41) is 3.98. The first-order valence-corrected chi connectivity index (χ1v) is 8.78. The van der Waals surface area contributed by atoms with Gasteiger partial charge in [0.1, 0.15) is 5.76 Å². The molecule has 3 rings (SSSR count). The number of carbonyl (C=O) groups is 1. The maximum Gasteiger partial charge on any atom is 0.223 e. The maximum atomic E-state index is 12.9. The molecule has 0 N–H and O–H groups in total. The Morgan fingerprint density at radius 1 is 1.25 bits per heavy atom. The molecule has 0 bridgehead atoms. The van der Waals surface area contributed by atoms with E-state index in [4.69, 9.17) is 4.52 Å². The predicted octanol–water partition coefficient (Wildman–Crippen LogP) is 3.76. The molecule has 0 unspecified atom stereocenters. The number of aryl methyl sites for hydroxylation is 2. The van der Waals surface area contributed by atoms with Crippen molar-refractivity contribution in [1.29, 1.82) is 0 Å². The van der Waals surface area contributed by atoms with Crippen molar-refractivity contribution < 1.29 is 9.32 Å². The molecule has 1 aliphatic heterocycles. The number of hydrogen-bond donors (Lipinski definition) is 0. The molecule has 1 amide bonds. The van der Waals surface area contributed by atoms with Crippen LogP contribution in [0.5, 0.6) is 0 Å². The van der Waals surface area contributed by atoms with Crippen LogP contribution >= 0.6 is 0 Å². The number of pyridine rings is 1. The van der Waals surface area contributed by atoms with Crippen molar-refractivity contribution in [3.8, 4) is 0 Å². The Labute approximate surface area is 143 Å². The van der Waals surface area contributed by atoms with Gasteiger partial charge in [-0.2, -0.15) is 0 Å². The summed E-state index contributed by atoms with van der Waals surface area (Å²) < 4.78 is 5.20. The van der Waals surface area contributed by atoms with Crippen molar-refractivity contribution >= 4 is 5.91 Å². The molecule has 2 aromatic heterocycles. The molecule has 1 aliphatic rings. The number of rotatable bonds is 4. The third kappa shape index (κ3) is 3.66. The summed E-state index contributed by atoms with van der Waals surface area (Å²) in [6, 6.07) is 4.24. The van der Waals surface area contributed by atoms with Gasteiger partial charge < -0.3 is 9.42 Å². The van der Waals surface area contributed by atoms with E-state index in [2.05, 4.69) is 15.0 Å². The molecule has 0 aromatic carbocycles. The van der Waals surface area contributed by atoms with Crippen LogP contribution in [0.2, 0.25) is 0 Å². The van der Waals surface area contributed by atoms with Crippen molar-refractivity contribution in [2.24, 2.45) is 0 Å². The van der Waals surface area contributed by atoms with Crippen molar-refractivity contribution in [3.05, 3.63) is 47.1 Å². The first-order chi connectivity index (χ1) is 11.7. The third-order valence-electron chi connectivity index (χ3n) is 4.93. The van der Waals surface area contributed by atoms with Crippen LogP contribution in [0.15, 0.2) is 29.0 Å². The normalized spacial score (nSPS) is 18.4. The van der Waals surface area contributed by atoms with Gasteiger partial charge in [-0.1, -0.05) is 18.0 Å². The zero-order valence-electron chi connectivity index (χ0n) is 14.5. The Morgan fingerprint density at radius 2 is 2.04 bits per heavy atom. The van der Waals surface area contributed by atoms with Gasteiger partial charge >= 0.3 is 0 Å². The Kier molecular flexibility index (Phi) is 5.28. The molecule has 0 radical (unpaired) electrons. The fraction of sp³-hybridized carbons (Fsp3) is 0.526. The second-order valence-corrected chi connectivity index (χ2v) is 6.54. The first kappa shape index (κ1) is 16.7. The number of carbonyl (C=O) groups excluding carboxylic acids is 1. The van der Waals surface area contributed by atoms with Gasteiger partial charge in [-0.05, 0) is 50.8 Å². The summed E-state index contributed by atoms with van der Waals surface area (Å²) >= 11 is 0. The van der Waals surface area contributed by atoms with Crippen LogP contribution in [-0.2, 0) is 11.2 Å². The van der Waals surface area contributed by atoms with Gasteiger partial charge in [-0.15, -0.1) is 0 Å². The van der Waals surface area contributed by atoms with Crippen LogP contribution in [0, 0.1) is 13.8 Å². The van der Waals surface area contributed by atoms with Crippen LogP contribution in [-0.4, -0.2) is 27.5 Å². The van der Waals surface area contributed by atoms with Crippen LogP contribution in [0.25, 0.3) is 0 Å². The van der Waals surface area contributed by atoms with Crippen LogP contribution < -0.4 is 0 Å². The Hall–Kier alpha value is -2.17. The Morgan fingerprint density at radius 3 is 2.75 bits per heavy atom. The maximum absolute atomic E-state index is 12.9. The second kappa shape index (κ2) is 7.60. The van der Waals surface area contributed by atoms with E-state index in [1.807, 2.05) is 38.4 Å². The summed E-state index contributed by atoms with van der Waals surface area (Å²) in [6.07, 6.45) is 9.29. The minimum Gasteiger partial charge on any atom is -0.361 e. The van der Waals surface area contributed by atoms with Gasteiger partial charge in [0.05, 0.1) is 11.7 Å². The average molecular weight is 327 g/mol. The number of nitrogens with zero attached hydrogens (tertiary/aromatic N) is 3. The molecular formula is C19H25N3O2. The number of amides is 1. The van der Waals surface area contributed by atoms with E-state index in [9.17, 15) is 4.79 Å². The molecular weight excluding hydrogens is 302 g/mol. The van der Waals surface area contributed by atoms with Crippen molar-refractivity contribution in [3.63, 3.8) is 0 Å². The highest BCUT2D eigenvalue weighted by molar-refractivity contribution is 5.77. The van der Waals surface area contributed by atoms with E-state index in [0.717, 1.165) is 36.4 Å². The predicted molar refractivity (Wildman–Crippen MR) is 91.5 cm³/mol. The van der Waals surface area contributed by atoms with Gasteiger partial charge in [0.15, 0.2) is 0 Å². The minimum absolute atomic E-state index is 0.174. The minimum atomic E-state index is 0.174. The van der Waals surface area contributed by atoms with Gasteiger partial charge in [0, 0.05) is 30.9 Å². The number of hydrogen-bond acceptors (Lipinski definition) is 4. The van der Waals surface area contributed by atoms with E-state index in [1.165, 1.54) is 18.4 Å². The molecule has 24 heavy (non-hydrogen) atoms. The summed E-state index contributed by atoms with van der Waals surface area (Å²) in [6.45, 7) is 4.68. The molecule has 2 aromatic rings. The van der Waals surface area contributed by atoms with Crippen LogP contribution in [0.1, 0.15) is 60.7 Å². The van der Waals surface area contributed by atoms with Gasteiger partial charge in [-0.25, -0.2) is 0 Å². The van der Waals surface area contributed by atoms with Gasteiger partial charge in [-0.3, -0.25) is 9.78 Å². The fourth-order valence-corrected chi connectivity index (χ4v) is 3.57. The zero-order chi connectivity index (χ0) is 16.9. The molecule has 128 valence electrons. The summed E-state index contributed by atoms with van der Waals surface area (Å²) in [7, 11) is 0. The average Bonchev–Trinajstić information content (AvgIpc) is 2.81. The molecule has 1 atom stereocenters. The first-order valence-electron chi connectivity index (χ1n) is 8.78. The SMILES string of the molecule is Cc1noc(C)c1CCC(=O)N1CCCCC[C@@H]1c1ccncc1. The smallest absolute Gasteiger partial charge is 0.223 e. The molecule has 1 fully saturated rings. The largest absolute Gasteiger partial charge is 0.361 e. The van der Waals surface area contributed by atoms with Gasteiger partial charge in [0.25, 0.3) is 0 Å². The molecule has 0 saturated carbocycles. The quantitative estimate of drug-likeness (QED) is 0.858. The second-order valence-electron chi connectivity index (χ2n) is 6.54. The highest BCUT2D eigenvalue weighted by Gasteiger charge is 2.26. The van der Waals surface area contributed by atoms with E-state index in [0.29, 0.717) is 12.8 Å². The number of likely N-dealkylation sites (tertiary alicyclic amines) is 1. The van der Waals surface area contributed by atoms with E-state index >= 15 is 0 Å².